The minimum atomic E-state index is -1.00. The number of hydrogen-bond donors (Lipinski definition) is 1. The summed E-state index contributed by atoms with van der Waals surface area (Å²) in [5.74, 6) is -2.54. The third-order valence-corrected chi connectivity index (χ3v) is 4.34. The van der Waals surface area contributed by atoms with Crippen LogP contribution in [0.5, 0.6) is 5.75 Å². The molecular formula is C17H11F2N3O4S. The number of nitro groups is 1. The van der Waals surface area contributed by atoms with Crippen LogP contribution in [-0.4, -0.2) is 22.9 Å². The van der Waals surface area contributed by atoms with E-state index in [2.05, 4.69) is 10.3 Å². The Balaban J connectivity index is 1.81. The van der Waals surface area contributed by atoms with Crippen LogP contribution in [0.2, 0.25) is 0 Å². The Morgan fingerprint density at radius 3 is 2.67 bits per heavy atom. The van der Waals surface area contributed by atoms with Gasteiger partial charge in [0.15, 0.2) is 22.5 Å². The summed E-state index contributed by atoms with van der Waals surface area (Å²) in [6.45, 7) is 0. The number of thiazole rings is 1. The molecule has 1 N–H and O–H groups in total. The number of methoxy groups -OCH3 is 1. The van der Waals surface area contributed by atoms with Crippen LogP contribution in [0.15, 0.2) is 41.8 Å². The van der Waals surface area contributed by atoms with Crippen molar-refractivity contribution in [3.8, 4) is 17.0 Å². The number of rotatable bonds is 5. The number of anilines is 1. The van der Waals surface area contributed by atoms with Gasteiger partial charge < -0.3 is 4.74 Å². The number of aromatic nitrogens is 1. The summed E-state index contributed by atoms with van der Waals surface area (Å²) in [6.07, 6.45) is 0. The quantitative estimate of drug-likeness (QED) is 0.518. The van der Waals surface area contributed by atoms with Crippen molar-refractivity contribution in [1.29, 1.82) is 0 Å². The average Bonchev–Trinajstić information content (AvgIpc) is 3.11. The van der Waals surface area contributed by atoms with E-state index in [1.807, 2.05) is 0 Å². The van der Waals surface area contributed by atoms with Crippen LogP contribution in [0.25, 0.3) is 11.3 Å². The number of nitrogens with zero attached hydrogens (tertiary/aromatic N) is 2. The highest BCUT2D eigenvalue weighted by atomic mass is 32.1. The van der Waals surface area contributed by atoms with E-state index in [1.54, 1.807) is 5.38 Å². The van der Waals surface area contributed by atoms with Crippen LogP contribution in [-0.2, 0) is 0 Å². The van der Waals surface area contributed by atoms with E-state index >= 15 is 0 Å². The highest BCUT2D eigenvalue weighted by molar-refractivity contribution is 7.14. The lowest BCUT2D eigenvalue weighted by Gasteiger charge is -2.05. The fourth-order valence-electron chi connectivity index (χ4n) is 2.26. The molecule has 2 aromatic carbocycles. The molecule has 0 radical (unpaired) electrons. The molecule has 0 aliphatic rings. The summed E-state index contributed by atoms with van der Waals surface area (Å²) in [7, 11) is 1.29. The van der Waals surface area contributed by atoms with Gasteiger partial charge in [-0.05, 0) is 30.3 Å². The number of benzene rings is 2. The minimum Gasteiger partial charge on any atom is -0.490 e. The van der Waals surface area contributed by atoms with E-state index in [4.69, 9.17) is 4.74 Å². The maximum atomic E-state index is 13.3. The Morgan fingerprint density at radius 2 is 2.00 bits per heavy atom. The monoisotopic (exact) mass is 391 g/mol. The maximum absolute atomic E-state index is 13.3. The van der Waals surface area contributed by atoms with E-state index in [0.717, 1.165) is 29.5 Å². The lowest BCUT2D eigenvalue weighted by atomic mass is 10.1. The molecule has 0 saturated heterocycles. The zero-order chi connectivity index (χ0) is 19.6. The minimum absolute atomic E-state index is 0.0337. The highest BCUT2D eigenvalue weighted by Crippen LogP contribution is 2.29. The van der Waals surface area contributed by atoms with Crippen LogP contribution in [0.1, 0.15) is 10.4 Å². The molecule has 0 fully saturated rings. The number of amides is 1. The molecule has 10 heteroatoms. The van der Waals surface area contributed by atoms with Gasteiger partial charge in [-0.3, -0.25) is 20.2 Å². The van der Waals surface area contributed by atoms with Crippen LogP contribution in [0.4, 0.5) is 19.6 Å². The molecule has 27 heavy (non-hydrogen) atoms. The summed E-state index contributed by atoms with van der Waals surface area (Å²) in [5.41, 5.74) is 0.416. The summed E-state index contributed by atoms with van der Waals surface area (Å²) < 4.78 is 31.2. The van der Waals surface area contributed by atoms with Gasteiger partial charge in [-0.15, -0.1) is 11.3 Å². The molecule has 0 bridgehead atoms. The summed E-state index contributed by atoms with van der Waals surface area (Å²) in [4.78, 5) is 26.9. The Morgan fingerprint density at radius 1 is 1.22 bits per heavy atom. The predicted octanol–water partition coefficient (Wildman–Crippen LogP) is 4.26. The van der Waals surface area contributed by atoms with Crippen LogP contribution in [0, 0.1) is 21.7 Å². The predicted molar refractivity (Wildman–Crippen MR) is 95.1 cm³/mol. The summed E-state index contributed by atoms with van der Waals surface area (Å²) in [5, 5.41) is 15.3. The molecule has 1 amide bonds. The number of nitrogens with one attached hydrogen (secondary N) is 1. The number of hydrogen-bond acceptors (Lipinski definition) is 6. The molecule has 1 heterocycles. The summed E-state index contributed by atoms with van der Waals surface area (Å²) >= 11 is 1.08. The molecule has 1 aromatic heterocycles. The molecule has 3 aromatic rings. The van der Waals surface area contributed by atoms with Gasteiger partial charge in [-0.2, -0.15) is 0 Å². The van der Waals surface area contributed by atoms with Gasteiger partial charge in [0.1, 0.15) is 0 Å². The van der Waals surface area contributed by atoms with Gasteiger partial charge in [0.05, 0.1) is 17.7 Å². The Hall–Kier alpha value is -3.40. The summed E-state index contributed by atoms with van der Waals surface area (Å²) in [6, 6.07) is 7.15. The highest BCUT2D eigenvalue weighted by Gasteiger charge is 2.19. The second-order valence-corrected chi connectivity index (χ2v) is 6.12. The lowest BCUT2D eigenvalue weighted by Crippen LogP contribution is -2.12. The molecule has 0 spiro atoms. The number of halogens is 2. The van der Waals surface area contributed by atoms with Crippen molar-refractivity contribution >= 4 is 28.1 Å². The average molecular weight is 391 g/mol. The van der Waals surface area contributed by atoms with Gasteiger partial charge in [0.25, 0.3) is 5.91 Å². The van der Waals surface area contributed by atoms with Crippen LogP contribution >= 0.6 is 11.3 Å². The first-order valence-electron chi connectivity index (χ1n) is 7.43. The zero-order valence-corrected chi connectivity index (χ0v) is 14.5. The number of ether oxygens (including phenoxy) is 1. The molecule has 3 rings (SSSR count). The molecule has 0 unspecified atom stereocenters. The van der Waals surface area contributed by atoms with Crippen molar-refractivity contribution in [2.24, 2.45) is 0 Å². The van der Waals surface area contributed by atoms with E-state index in [0.29, 0.717) is 11.3 Å². The van der Waals surface area contributed by atoms with Crippen molar-refractivity contribution in [3.05, 3.63) is 69.1 Å². The molecular weight excluding hydrogens is 380 g/mol. The second kappa shape index (κ2) is 7.46. The third-order valence-electron chi connectivity index (χ3n) is 3.58. The largest absolute Gasteiger partial charge is 0.490 e. The topological polar surface area (TPSA) is 94.4 Å². The zero-order valence-electron chi connectivity index (χ0n) is 13.7. The smallest absolute Gasteiger partial charge is 0.311 e. The Labute approximate surface area is 155 Å². The number of carbonyl (C=O) groups is 1. The lowest BCUT2D eigenvalue weighted by molar-refractivity contribution is -0.385. The fraction of sp³-hybridized carbons (Fsp3) is 0.0588. The van der Waals surface area contributed by atoms with Crippen LogP contribution in [0.3, 0.4) is 0 Å². The van der Waals surface area contributed by atoms with Crippen molar-refractivity contribution in [2.75, 3.05) is 12.4 Å². The van der Waals surface area contributed by atoms with Gasteiger partial charge >= 0.3 is 5.69 Å². The van der Waals surface area contributed by atoms with E-state index < -0.39 is 22.5 Å². The molecule has 138 valence electrons. The first-order valence-corrected chi connectivity index (χ1v) is 8.31. The van der Waals surface area contributed by atoms with Crippen molar-refractivity contribution in [2.45, 2.75) is 0 Å². The Bertz CT molecular complexity index is 1040. The van der Waals surface area contributed by atoms with E-state index in [1.165, 1.54) is 25.3 Å². The molecule has 0 saturated carbocycles. The first kappa shape index (κ1) is 18.4. The van der Waals surface area contributed by atoms with Crippen LogP contribution < -0.4 is 10.1 Å². The first-order chi connectivity index (χ1) is 12.9. The fourth-order valence-corrected chi connectivity index (χ4v) is 2.98. The molecule has 0 aliphatic carbocycles. The van der Waals surface area contributed by atoms with Gasteiger partial charge in [0, 0.05) is 22.6 Å². The van der Waals surface area contributed by atoms with Crippen molar-refractivity contribution in [3.63, 3.8) is 0 Å². The number of carbonyl (C=O) groups excluding carboxylic acids is 1. The van der Waals surface area contributed by atoms with Gasteiger partial charge in [-0.1, -0.05) is 0 Å². The third kappa shape index (κ3) is 3.90. The second-order valence-electron chi connectivity index (χ2n) is 5.26. The standard InChI is InChI=1S/C17H11F2N3O4S/c1-26-15-5-3-10(7-14(15)22(24)25)16(23)21-17-20-13(8-27-17)9-2-4-11(18)12(19)6-9/h2-8H,1H3,(H,20,21,23). The Kier molecular flexibility index (Phi) is 5.08. The molecule has 7 nitrogen and oxygen atoms in total. The number of nitro benzene ring substituents is 1. The normalized spacial score (nSPS) is 10.5. The van der Waals surface area contributed by atoms with E-state index in [9.17, 15) is 23.7 Å². The SMILES string of the molecule is COc1ccc(C(=O)Nc2nc(-c3ccc(F)c(F)c3)cs2)cc1[N+](=O)[O-]. The van der Waals surface area contributed by atoms with Gasteiger partial charge in [-0.25, -0.2) is 13.8 Å². The van der Waals surface area contributed by atoms with Crippen molar-refractivity contribution in [1.82, 2.24) is 4.98 Å². The molecule has 0 aliphatic heterocycles. The maximum Gasteiger partial charge on any atom is 0.311 e. The molecule has 0 atom stereocenters. The van der Waals surface area contributed by atoms with Crippen molar-refractivity contribution < 1.29 is 23.2 Å². The van der Waals surface area contributed by atoms with E-state index in [-0.39, 0.29) is 22.1 Å². The van der Waals surface area contributed by atoms with Gasteiger partial charge in [0.2, 0.25) is 0 Å².